The van der Waals surface area contributed by atoms with E-state index < -0.39 is 0 Å². The van der Waals surface area contributed by atoms with Gasteiger partial charge in [0.15, 0.2) is 0 Å². The van der Waals surface area contributed by atoms with Gasteiger partial charge in [-0.2, -0.15) is 0 Å². The molecule has 2 heterocycles. The lowest BCUT2D eigenvalue weighted by Crippen LogP contribution is -2.51. The highest BCUT2D eigenvalue weighted by Crippen LogP contribution is 2.22. The highest BCUT2D eigenvalue weighted by Gasteiger charge is 2.29. The van der Waals surface area contributed by atoms with Gasteiger partial charge in [0.1, 0.15) is 13.2 Å². The average molecular weight is 692 g/mol. The van der Waals surface area contributed by atoms with Crippen LogP contribution in [-0.2, 0) is 19.1 Å². The van der Waals surface area contributed by atoms with Gasteiger partial charge in [-0.3, -0.25) is 14.5 Å². The first-order chi connectivity index (χ1) is 24.1. The van der Waals surface area contributed by atoms with Gasteiger partial charge >= 0.3 is 11.9 Å². The molecule has 0 unspecified atom stereocenters. The van der Waals surface area contributed by atoms with Crippen molar-refractivity contribution in [3.05, 3.63) is 0 Å². The fourth-order valence-electron chi connectivity index (χ4n) is 7.83. The van der Waals surface area contributed by atoms with E-state index in [1.807, 2.05) is 0 Å². The number of hydrogen-bond acceptors (Lipinski definition) is 7. The molecule has 0 amide bonds. The third-order valence-corrected chi connectivity index (χ3v) is 11.1. The summed E-state index contributed by atoms with van der Waals surface area (Å²) < 4.78 is 11.4. The largest absolute Gasteiger partial charge is 0.464 e. The minimum Gasteiger partial charge on any atom is -0.464 e. The lowest BCUT2D eigenvalue weighted by atomic mass is 9.97. The highest BCUT2D eigenvalue weighted by atomic mass is 16.5. The van der Waals surface area contributed by atoms with Crippen molar-refractivity contribution in [1.82, 2.24) is 15.1 Å². The van der Waals surface area contributed by atoms with Gasteiger partial charge in [0.25, 0.3) is 0 Å². The molecule has 2 fully saturated rings. The van der Waals surface area contributed by atoms with Gasteiger partial charge in [0.2, 0.25) is 0 Å². The number of esters is 2. The average Bonchev–Trinajstić information content (AvgIpc) is 3.12. The maximum atomic E-state index is 12.5. The molecule has 0 saturated carbocycles. The topological polar surface area (TPSA) is 71.1 Å². The second-order valence-corrected chi connectivity index (χ2v) is 15.3. The third kappa shape index (κ3) is 23.8. The molecule has 288 valence electrons. The zero-order chi connectivity index (χ0) is 35.0. The van der Waals surface area contributed by atoms with Crippen LogP contribution in [0, 0.1) is 0 Å². The molecule has 0 bridgehead atoms. The number of ether oxygens (including phenoxy) is 2. The van der Waals surface area contributed by atoms with Crippen LogP contribution < -0.4 is 5.32 Å². The standard InChI is InChI=1S/C42H81N3O4/c1-3-5-7-9-11-13-15-17-19-21-23-25-41(46)48-37-35-45(40-29-33-44(34-30-40)39-27-31-43-32-28-39)36-38-49-42(47)26-24-22-20-18-16-14-12-10-8-6-4-2/h39-40,43H,3-38H2,1-2H3. The van der Waals surface area contributed by atoms with Gasteiger partial charge in [-0.05, 0) is 64.7 Å². The van der Waals surface area contributed by atoms with Crippen LogP contribution >= 0.6 is 0 Å². The van der Waals surface area contributed by atoms with E-state index in [9.17, 15) is 9.59 Å². The number of carbonyl (C=O) groups is 2. The second-order valence-electron chi connectivity index (χ2n) is 15.3. The molecule has 0 aromatic rings. The molecule has 7 nitrogen and oxygen atoms in total. The molecule has 0 spiro atoms. The lowest BCUT2D eigenvalue weighted by Gasteiger charge is -2.42. The van der Waals surface area contributed by atoms with E-state index in [1.165, 1.54) is 128 Å². The normalized spacial score (nSPS) is 16.4. The Kier molecular flexibility index (Phi) is 28.3. The Hall–Kier alpha value is -1.18. The number of nitrogens with zero attached hydrogens (tertiary/aromatic N) is 2. The monoisotopic (exact) mass is 692 g/mol. The predicted molar refractivity (Wildman–Crippen MR) is 206 cm³/mol. The number of carbonyl (C=O) groups excluding carboxylic acids is 2. The van der Waals surface area contributed by atoms with Crippen molar-refractivity contribution in [2.24, 2.45) is 0 Å². The summed E-state index contributed by atoms with van der Waals surface area (Å²) in [4.78, 5) is 30.1. The Labute approximate surface area is 303 Å². The number of nitrogens with one attached hydrogen (secondary N) is 1. The smallest absolute Gasteiger partial charge is 0.305 e. The van der Waals surface area contributed by atoms with Crippen molar-refractivity contribution in [2.75, 3.05) is 52.5 Å². The maximum absolute atomic E-state index is 12.5. The molecule has 2 rings (SSSR count). The molecule has 0 aromatic heterocycles. The lowest BCUT2D eigenvalue weighted by molar-refractivity contribution is -0.145. The Morgan fingerprint density at radius 1 is 0.551 bits per heavy atom. The molecule has 2 saturated heterocycles. The minimum atomic E-state index is -0.0602. The van der Waals surface area contributed by atoms with E-state index in [-0.39, 0.29) is 11.9 Å². The summed E-state index contributed by atoms with van der Waals surface area (Å²) in [7, 11) is 0. The number of unbranched alkanes of at least 4 members (excludes halogenated alkanes) is 20. The zero-order valence-electron chi connectivity index (χ0n) is 32.6. The van der Waals surface area contributed by atoms with Gasteiger partial charge in [-0.15, -0.1) is 0 Å². The van der Waals surface area contributed by atoms with E-state index in [0.29, 0.717) is 38.1 Å². The molecule has 0 radical (unpaired) electrons. The van der Waals surface area contributed by atoms with Crippen molar-refractivity contribution in [3.63, 3.8) is 0 Å². The Morgan fingerprint density at radius 3 is 1.31 bits per heavy atom. The number of likely N-dealkylation sites (tertiary alicyclic amines) is 1. The van der Waals surface area contributed by atoms with Crippen LogP contribution in [-0.4, -0.2) is 86.3 Å². The van der Waals surface area contributed by atoms with E-state index in [4.69, 9.17) is 9.47 Å². The van der Waals surface area contributed by atoms with Gasteiger partial charge in [0, 0.05) is 38.0 Å². The van der Waals surface area contributed by atoms with E-state index in [2.05, 4.69) is 29.0 Å². The molecule has 0 atom stereocenters. The summed E-state index contributed by atoms with van der Waals surface area (Å²) in [6, 6.07) is 1.16. The maximum Gasteiger partial charge on any atom is 0.305 e. The molecular formula is C42H81N3O4. The van der Waals surface area contributed by atoms with Crippen molar-refractivity contribution >= 4 is 11.9 Å². The number of rotatable bonds is 32. The molecular weight excluding hydrogens is 610 g/mol. The van der Waals surface area contributed by atoms with Crippen LogP contribution in [0.2, 0.25) is 0 Å². The molecule has 49 heavy (non-hydrogen) atoms. The Balaban J connectivity index is 1.60. The summed E-state index contributed by atoms with van der Waals surface area (Å²) in [6.45, 7) is 11.4. The Bertz CT molecular complexity index is 723. The summed E-state index contributed by atoms with van der Waals surface area (Å²) in [5.41, 5.74) is 0. The fraction of sp³-hybridized carbons (Fsp3) is 0.952. The van der Waals surface area contributed by atoms with Crippen LogP contribution in [0.5, 0.6) is 0 Å². The van der Waals surface area contributed by atoms with Crippen LogP contribution in [0.1, 0.15) is 194 Å². The summed E-state index contributed by atoms with van der Waals surface area (Å²) in [5.74, 6) is -0.120. The van der Waals surface area contributed by atoms with Crippen LogP contribution in [0.25, 0.3) is 0 Å². The highest BCUT2D eigenvalue weighted by molar-refractivity contribution is 5.69. The van der Waals surface area contributed by atoms with Crippen molar-refractivity contribution in [3.8, 4) is 0 Å². The zero-order valence-corrected chi connectivity index (χ0v) is 32.6. The molecule has 1 N–H and O–H groups in total. The summed E-state index contributed by atoms with van der Waals surface area (Å²) in [6.07, 6.45) is 34.0. The van der Waals surface area contributed by atoms with Crippen molar-refractivity contribution < 1.29 is 19.1 Å². The van der Waals surface area contributed by atoms with E-state index >= 15 is 0 Å². The molecule has 0 aliphatic carbocycles. The van der Waals surface area contributed by atoms with Crippen LogP contribution in [0.3, 0.4) is 0 Å². The van der Waals surface area contributed by atoms with E-state index in [0.717, 1.165) is 77.8 Å². The molecule has 2 aliphatic heterocycles. The second kappa shape index (κ2) is 31.5. The minimum absolute atomic E-state index is 0.0602. The number of piperidine rings is 2. The summed E-state index contributed by atoms with van der Waals surface area (Å²) >= 11 is 0. The van der Waals surface area contributed by atoms with Crippen LogP contribution in [0.15, 0.2) is 0 Å². The number of hydrogen-bond donors (Lipinski definition) is 1. The first-order valence-electron chi connectivity index (χ1n) is 21.6. The first kappa shape index (κ1) is 44.0. The quantitative estimate of drug-likeness (QED) is 0.0556. The first-order valence-corrected chi connectivity index (χ1v) is 21.6. The Morgan fingerprint density at radius 2 is 0.918 bits per heavy atom. The predicted octanol–water partition coefficient (Wildman–Crippen LogP) is 9.99. The van der Waals surface area contributed by atoms with Gasteiger partial charge < -0.3 is 19.7 Å². The van der Waals surface area contributed by atoms with Crippen molar-refractivity contribution in [1.29, 1.82) is 0 Å². The van der Waals surface area contributed by atoms with Gasteiger partial charge in [-0.1, -0.05) is 142 Å². The summed E-state index contributed by atoms with van der Waals surface area (Å²) in [5, 5.41) is 3.49. The SMILES string of the molecule is CCCCCCCCCCCCCC(=O)OCCN(CCOC(=O)CCCCCCCCCCCCC)C1CCN(C2CCNCC2)CC1. The molecule has 2 aliphatic rings. The van der Waals surface area contributed by atoms with Crippen molar-refractivity contribution in [2.45, 2.75) is 206 Å². The van der Waals surface area contributed by atoms with Crippen LogP contribution in [0.4, 0.5) is 0 Å². The van der Waals surface area contributed by atoms with Gasteiger partial charge in [0.05, 0.1) is 0 Å². The fourth-order valence-corrected chi connectivity index (χ4v) is 7.83. The third-order valence-electron chi connectivity index (χ3n) is 11.1. The molecule has 7 heteroatoms. The van der Waals surface area contributed by atoms with Gasteiger partial charge in [-0.25, -0.2) is 0 Å². The van der Waals surface area contributed by atoms with E-state index in [1.54, 1.807) is 0 Å². The molecule has 0 aromatic carbocycles.